The van der Waals surface area contributed by atoms with E-state index in [1.165, 1.54) is 0 Å². The molecule has 2 N–H and O–H groups in total. The summed E-state index contributed by atoms with van der Waals surface area (Å²) >= 11 is 4.93. The zero-order valence-corrected chi connectivity index (χ0v) is 15.0. The minimum Gasteiger partial charge on any atom is -0.316 e. The minimum absolute atomic E-state index is 0.281. The van der Waals surface area contributed by atoms with Gasteiger partial charge in [0.2, 0.25) is 10.0 Å². The lowest BCUT2D eigenvalue weighted by Gasteiger charge is -2.12. The standard InChI is InChI=1S/C14H17BrN2O2S2/c1-10-5-12(7-16-2)6-13(14(10)15)21(18,19)17-8-11-3-4-20-9-11/h3-6,9,16-17H,7-8H2,1-2H3. The Morgan fingerprint density at radius 1 is 1.24 bits per heavy atom. The molecule has 1 aromatic heterocycles. The van der Waals surface area contributed by atoms with Gasteiger partial charge in [-0.3, -0.25) is 0 Å². The second kappa shape index (κ2) is 7.02. The van der Waals surface area contributed by atoms with Crippen molar-refractivity contribution in [3.05, 3.63) is 50.1 Å². The maximum Gasteiger partial charge on any atom is 0.242 e. The first kappa shape index (κ1) is 16.6. The van der Waals surface area contributed by atoms with Crippen molar-refractivity contribution >= 4 is 37.3 Å². The first-order chi connectivity index (χ1) is 9.94. The molecular weight excluding hydrogens is 372 g/mol. The van der Waals surface area contributed by atoms with E-state index in [0.29, 0.717) is 17.6 Å². The van der Waals surface area contributed by atoms with Gasteiger partial charge in [-0.2, -0.15) is 11.3 Å². The summed E-state index contributed by atoms with van der Waals surface area (Å²) in [7, 11) is -1.72. The summed E-state index contributed by atoms with van der Waals surface area (Å²) in [4.78, 5) is 0.281. The highest BCUT2D eigenvalue weighted by Gasteiger charge is 2.19. The summed E-state index contributed by atoms with van der Waals surface area (Å²) < 4.78 is 28.3. The molecule has 4 nitrogen and oxygen atoms in total. The van der Waals surface area contributed by atoms with Gasteiger partial charge in [0, 0.05) is 17.6 Å². The fraction of sp³-hybridized carbons (Fsp3) is 0.286. The third-order valence-electron chi connectivity index (χ3n) is 3.00. The Morgan fingerprint density at radius 2 is 2.00 bits per heavy atom. The van der Waals surface area contributed by atoms with Gasteiger partial charge in [0.05, 0.1) is 4.90 Å². The van der Waals surface area contributed by atoms with Crippen LogP contribution in [-0.4, -0.2) is 15.5 Å². The van der Waals surface area contributed by atoms with Gasteiger partial charge in [0.1, 0.15) is 0 Å². The van der Waals surface area contributed by atoms with Crippen molar-refractivity contribution in [2.75, 3.05) is 7.05 Å². The second-order valence-electron chi connectivity index (χ2n) is 4.71. The SMILES string of the molecule is CNCc1cc(C)c(Br)c(S(=O)(=O)NCc2ccsc2)c1. The molecule has 0 atom stereocenters. The maximum absolute atomic E-state index is 12.5. The van der Waals surface area contributed by atoms with Crippen molar-refractivity contribution < 1.29 is 8.42 Å². The van der Waals surface area contributed by atoms with E-state index < -0.39 is 10.0 Å². The lowest BCUT2D eigenvalue weighted by molar-refractivity contribution is 0.580. The van der Waals surface area contributed by atoms with E-state index in [4.69, 9.17) is 0 Å². The van der Waals surface area contributed by atoms with Gasteiger partial charge in [-0.25, -0.2) is 13.1 Å². The van der Waals surface area contributed by atoms with Gasteiger partial charge in [-0.15, -0.1) is 0 Å². The van der Waals surface area contributed by atoms with Crippen LogP contribution < -0.4 is 10.0 Å². The average Bonchev–Trinajstić information content (AvgIpc) is 2.94. The van der Waals surface area contributed by atoms with Crippen LogP contribution in [0.3, 0.4) is 0 Å². The number of rotatable bonds is 6. The fourth-order valence-electron chi connectivity index (χ4n) is 1.96. The van der Waals surface area contributed by atoms with E-state index in [-0.39, 0.29) is 4.90 Å². The lowest BCUT2D eigenvalue weighted by Crippen LogP contribution is -2.24. The van der Waals surface area contributed by atoms with Crippen molar-refractivity contribution in [1.29, 1.82) is 0 Å². The largest absolute Gasteiger partial charge is 0.316 e. The van der Waals surface area contributed by atoms with Crippen LogP contribution in [0.15, 0.2) is 38.3 Å². The van der Waals surface area contributed by atoms with Gasteiger partial charge in [-0.1, -0.05) is 6.07 Å². The van der Waals surface area contributed by atoms with Crippen LogP contribution in [0, 0.1) is 6.92 Å². The molecule has 0 fully saturated rings. The van der Waals surface area contributed by atoms with Crippen LogP contribution in [0.25, 0.3) is 0 Å². The number of nitrogens with one attached hydrogen (secondary N) is 2. The molecule has 0 bridgehead atoms. The van der Waals surface area contributed by atoms with Gasteiger partial charge in [0.25, 0.3) is 0 Å². The van der Waals surface area contributed by atoms with Crippen molar-refractivity contribution in [2.45, 2.75) is 24.9 Å². The van der Waals surface area contributed by atoms with Crippen LogP contribution in [-0.2, 0) is 23.1 Å². The highest BCUT2D eigenvalue weighted by Crippen LogP contribution is 2.27. The Labute approximate surface area is 137 Å². The fourth-order valence-corrected chi connectivity index (χ4v) is 4.71. The van der Waals surface area contributed by atoms with E-state index in [1.807, 2.05) is 36.9 Å². The molecule has 0 unspecified atom stereocenters. The summed E-state index contributed by atoms with van der Waals surface area (Å²) in [5.74, 6) is 0. The molecule has 2 aromatic rings. The van der Waals surface area contributed by atoms with Crippen LogP contribution in [0.2, 0.25) is 0 Å². The summed E-state index contributed by atoms with van der Waals surface area (Å²) in [5.41, 5.74) is 2.80. The van der Waals surface area contributed by atoms with E-state index in [0.717, 1.165) is 16.7 Å². The lowest BCUT2D eigenvalue weighted by atomic mass is 10.1. The Hall–Kier alpha value is -0.730. The molecule has 0 radical (unpaired) electrons. The number of hydrogen-bond acceptors (Lipinski definition) is 4. The summed E-state index contributed by atoms with van der Waals surface area (Å²) in [6, 6.07) is 5.58. The van der Waals surface area contributed by atoms with Crippen molar-refractivity contribution in [3.8, 4) is 0 Å². The molecule has 0 saturated heterocycles. The molecular formula is C14H17BrN2O2S2. The van der Waals surface area contributed by atoms with Crippen molar-refractivity contribution in [2.24, 2.45) is 0 Å². The number of thiophene rings is 1. The van der Waals surface area contributed by atoms with Crippen molar-refractivity contribution in [1.82, 2.24) is 10.0 Å². The van der Waals surface area contributed by atoms with E-state index in [2.05, 4.69) is 26.0 Å². The van der Waals surface area contributed by atoms with E-state index in [1.54, 1.807) is 17.4 Å². The Bertz CT molecular complexity index is 713. The molecule has 1 heterocycles. The monoisotopic (exact) mass is 388 g/mol. The van der Waals surface area contributed by atoms with Crippen LogP contribution in [0.1, 0.15) is 16.7 Å². The Kier molecular flexibility index (Phi) is 5.56. The van der Waals surface area contributed by atoms with Crippen molar-refractivity contribution in [3.63, 3.8) is 0 Å². The molecule has 0 aliphatic rings. The van der Waals surface area contributed by atoms with Crippen LogP contribution in [0.5, 0.6) is 0 Å². The molecule has 21 heavy (non-hydrogen) atoms. The minimum atomic E-state index is -3.55. The Morgan fingerprint density at radius 3 is 2.62 bits per heavy atom. The van der Waals surface area contributed by atoms with E-state index >= 15 is 0 Å². The van der Waals surface area contributed by atoms with Gasteiger partial charge in [-0.05, 0) is 69.5 Å². The molecule has 0 aliphatic heterocycles. The normalized spacial score (nSPS) is 11.8. The molecule has 0 aliphatic carbocycles. The zero-order chi connectivity index (χ0) is 15.5. The summed E-state index contributed by atoms with van der Waals surface area (Å²) in [6.45, 7) is 2.82. The molecule has 7 heteroatoms. The number of hydrogen-bond donors (Lipinski definition) is 2. The van der Waals surface area contributed by atoms with Gasteiger partial charge < -0.3 is 5.32 Å². The molecule has 0 amide bonds. The van der Waals surface area contributed by atoms with Gasteiger partial charge >= 0.3 is 0 Å². The smallest absolute Gasteiger partial charge is 0.242 e. The molecule has 0 spiro atoms. The third-order valence-corrected chi connectivity index (χ3v) is 6.47. The zero-order valence-electron chi connectivity index (χ0n) is 11.8. The van der Waals surface area contributed by atoms with Crippen LogP contribution in [0.4, 0.5) is 0 Å². The second-order valence-corrected chi connectivity index (χ2v) is 8.02. The highest BCUT2D eigenvalue weighted by atomic mass is 79.9. The Balaban J connectivity index is 2.30. The number of sulfonamides is 1. The molecule has 0 saturated carbocycles. The van der Waals surface area contributed by atoms with Crippen LogP contribution >= 0.6 is 27.3 Å². The maximum atomic E-state index is 12.5. The first-order valence-corrected chi connectivity index (χ1v) is 9.60. The average molecular weight is 389 g/mol. The molecule has 114 valence electrons. The quantitative estimate of drug-likeness (QED) is 0.799. The molecule has 1 aromatic carbocycles. The van der Waals surface area contributed by atoms with E-state index in [9.17, 15) is 8.42 Å². The topological polar surface area (TPSA) is 58.2 Å². The molecule has 2 rings (SSSR count). The summed E-state index contributed by atoms with van der Waals surface area (Å²) in [6.07, 6.45) is 0. The van der Waals surface area contributed by atoms with Gasteiger partial charge in [0.15, 0.2) is 0 Å². The third kappa shape index (κ3) is 4.14. The predicted octanol–water partition coefficient (Wildman–Crippen LogP) is 3.02. The number of aryl methyl sites for hydroxylation is 1. The summed E-state index contributed by atoms with van der Waals surface area (Å²) in [5, 5.41) is 6.89. The first-order valence-electron chi connectivity index (χ1n) is 6.38. The predicted molar refractivity (Wildman–Crippen MR) is 90.0 cm³/mol. The number of halogens is 1. The number of benzene rings is 1. The highest BCUT2D eigenvalue weighted by molar-refractivity contribution is 9.10.